The lowest BCUT2D eigenvalue weighted by molar-refractivity contribution is -0.141. The Hall–Kier alpha value is -0.545. The van der Waals surface area contributed by atoms with Crippen molar-refractivity contribution in [3.63, 3.8) is 0 Å². The third-order valence-electron chi connectivity index (χ3n) is 4.17. The molecule has 0 aromatic heterocycles. The fraction of sp³-hybridized carbons (Fsp3) is 0.923. The summed E-state index contributed by atoms with van der Waals surface area (Å²) in [6.07, 6.45) is 3.64. The van der Waals surface area contributed by atoms with Crippen LogP contribution >= 0.6 is 0 Å². The van der Waals surface area contributed by atoms with E-state index in [4.69, 9.17) is 0 Å². The molecule has 4 nitrogen and oxygen atoms in total. The average molecular weight is 254 g/mol. The highest BCUT2D eigenvalue weighted by Crippen LogP contribution is 2.33. The molecule has 1 rings (SSSR count). The maximum absolute atomic E-state index is 11.4. The SMILES string of the molecule is BC(CCCC)(CCN1CCN(C)CC1)C(=O)O. The first-order valence-electron chi connectivity index (χ1n) is 7.12. The van der Waals surface area contributed by atoms with Crippen molar-refractivity contribution in [1.82, 2.24) is 9.80 Å². The lowest BCUT2D eigenvalue weighted by Crippen LogP contribution is -2.45. The number of carboxylic acid groups (broad SMARTS) is 1. The van der Waals surface area contributed by atoms with Crippen LogP contribution in [0, 0.1) is 0 Å². The highest BCUT2D eigenvalue weighted by atomic mass is 16.4. The van der Waals surface area contributed by atoms with Crippen LogP contribution in [-0.4, -0.2) is 68.5 Å². The molecule has 0 aromatic rings. The summed E-state index contributed by atoms with van der Waals surface area (Å²) in [4.78, 5) is 16.1. The summed E-state index contributed by atoms with van der Waals surface area (Å²) in [7, 11) is 4.04. The van der Waals surface area contributed by atoms with E-state index in [0.29, 0.717) is 0 Å². The fourth-order valence-electron chi connectivity index (χ4n) is 2.38. The van der Waals surface area contributed by atoms with Gasteiger partial charge in [0.15, 0.2) is 0 Å². The first-order valence-corrected chi connectivity index (χ1v) is 7.12. The molecule has 0 spiro atoms. The molecule has 0 radical (unpaired) electrons. The Morgan fingerprint density at radius 1 is 1.28 bits per heavy atom. The largest absolute Gasteiger partial charge is 0.481 e. The molecule has 0 saturated carbocycles. The topological polar surface area (TPSA) is 43.8 Å². The van der Waals surface area contributed by atoms with Crippen molar-refractivity contribution in [3.05, 3.63) is 0 Å². The van der Waals surface area contributed by atoms with Crippen molar-refractivity contribution in [3.8, 4) is 0 Å². The zero-order valence-corrected chi connectivity index (χ0v) is 12.1. The van der Waals surface area contributed by atoms with E-state index in [1.54, 1.807) is 0 Å². The molecule has 18 heavy (non-hydrogen) atoms. The summed E-state index contributed by atoms with van der Waals surface area (Å²) in [6.45, 7) is 7.36. The van der Waals surface area contributed by atoms with Gasteiger partial charge in [0.2, 0.25) is 0 Å². The van der Waals surface area contributed by atoms with Crippen molar-refractivity contribution < 1.29 is 9.90 Å². The van der Waals surface area contributed by atoms with Gasteiger partial charge in [0, 0.05) is 31.5 Å². The number of rotatable bonds is 7. The van der Waals surface area contributed by atoms with Crippen LogP contribution in [0.25, 0.3) is 0 Å². The smallest absolute Gasteiger partial charge is 0.301 e. The second-order valence-electron chi connectivity index (χ2n) is 5.86. The molecular weight excluding hydrogens is 227 g/mol. The molecule has 0 aliphatic carbocycles. The lowest BCUT2D eigenvalue weighted by Gasteiger charge is -2.34. The highest BCUT2D eigenvalue weighted by molar-refractivity contribution is 6.26. The van der Waals surface area contributed by atoms with Gasteiger partial charge in [0.25, 0.3) is 0 Å². The molecule has 1 aliphatic rings. The number of piperazine rings is 1. The molecule has 0 amide bonds. The Morgan fingerprint density at radius 2 is 1.89 bits per heavy atom. The van der Waals surface area contributed by atoms with Crippen LogP contribution in [0.15, 0.2) is 0 Å². The number of carbonyl (C=O) groups is 1. The summed E-state index contributed by atoms with van der Waals surface area (Å²) in [6, 6.07) is 0. The Kier molecular flexibility index (Phi) is 6.16. The Bertz CT molecular complexity index is 268. The first-order chi connectivity index (χ1) is 8.48. The maximum atomic E-state index is 11.4. The first kappa shape index (κ1) is 15.5. The van der Waals surface area contributed by atoms with Gasteiger partial charge in [-0.1, -0.05) is 19.8 Å². The van der Waals surface area contributed by atoms with Gasteiger partial charge in [-0.2, -0.15) is 0 Å². The fourth-order valence-corrected chi connectivity index (χ4v) is 2.38. The number of hydrogen-bond donors (Lipinski definition) is 1. The van der Waals surface area contributed by atoms with Crippen molar-refractivity contribution >= 4 is 13.8 Å². The summed E-state index contributed by atoms with van der Waals surface area (Å²) >= 11 is 0. The molecule has 1 aliphatic heterocycles. The van der Waals surface area contributed by atoms with Crippen molar-refractivity contribution in [2.45, 2.75) is 37.9 Å². The summed E-state index contributed by atoms with van der Waals surface area (Å²) in [5.74, 6) is -0.634. The van der Waals surface area contributed by atoms with Crippen molar-refractivity contribution in [2.75, 3.05) is 39.8 Å². The van der Waals surface area contributed by atoms with E-state index >= 15 is 0 Å². The van der Waals surface area contributed by atoms with E-state index in [-0.39, 0.29) is 0 Å². The highest BCUT2D eigenvalue weighted by Gasteiger charge is 2.32. The van der Waals surface area contributed by atoms with E-state index in [1.807, 2.05) is 7.85 Å². The van der Waals surface area contributed by atoms with Crippen molar-refractivity contribution in [2.24, 2.45) is 0 Å². The molecule has 1 fully saturated rings. The van der Waals surface area contributed by atoms with Crippen LogP contribution in [0.3, 0.4) is 0 Å². The Morgan fingerprint density at radius 3 is 2.39 bits per heavy atom. The van der Waals surface area contributed by atoms with Gasteiger partial charge in [-0.25, -0.2) is 0 Å². The molecule has 1 N–H and O–H groups in total. The number of carboxylic acids is 1. The van der Waals surface area contributed by atoms with Gasteiger partial charge in [0.1, 0.15) is 7.85 Å². The van der Waals surface area contributed by atoms with Gasteiger partial charge >= 0.3 is 5.97 Å². The molecule has 1 heterocycles. The number of aliphatic carboxylic acids is 1. The van der Waals surface area contributed by atoms with Crippen LogP contribution in [0.1, 0.15) is 32.6 Å². The Labute approximate surface area is 112 Å². The summed E-state index contributed by atoms with van der Waals surface area (Å²) in [5.41, 5.74) is 0. The van der Waals surface area contributed by atoms with Gasteiger partial charge in [-0.05, 0) is 26.4 Å². The van der Waals surface area contributed by atoms with Gasteiger partial charge < -0.3 is 14.9 Å². The third kappa shape index (κ3) is 4.61. The maximum Gasteiger partial charge on any atom is 0.301 e. The zero-order chi connectivity index (χ0) is 13.6. The molecule has 1 unspecified atom stereocenters. The van der Waals surface area contributed by atoms with Crippen LogP contribution < -0.4 is 0 Å². The predicted molar refractivity (Wildman–Crippen MR) is 77.0 cm³/mol. The standard InChI is InChI=1S/C13H27BN2O2/c1-3-4-5-13(14,12(17)18)6-7-16-10-8-15(2)9-11-16/h3-11,14H2,1-2H3,(H,17,18). The third-order valence-corrected chi connectivity index (χ3v) is 4.17. The van der Waals surface area contributed by atoms with Crippen LogP contribution in [0.4, 0.5) is 0 Å². The second kappa shape index (κ2) is 7.14. The predicted octanol–water partition coefficient (Wildman–Crippen LogP) is 0.691. The van der Waals surface area contributed by atoms with E-state index in [9.17, 15) is 9.90 Å². The van der Waals surface area contributed by atoms with E-state index < -0.39 is 11.3 Å². The molecular formula is C13H27BN2O2. The number of hydrogen-bond acceptors (Lipinski definition) is 3. The number of likely N-dealkylation sites (N-methyl/N-ethyl adjacent to an activating group) is 1. The molecule has 1 atom stereocenters. The normalized spacial score (nSPS) is 21.7. The number of unbranched alkanes of at least 4 members (excludes halogenated alkanes) is 1. The minimum atomic E-state index is -0.634. The van der Waals surface area contributed by atoms with Crippen LogP contribution in [0.2, 0.25) is 5.31 Å². The monoisotopic (exact) mass is 254 g/mol. The van der Waals surface area contributed by atoms with E-state index in [1.165, 1.54) is 0 Å². The van der Waals surface area contributed by atoms with Crippen LogP contribution in [0.5, 0.6) is 0 Å². The number of nitrogens with zero attached hydrogens (tertiary/aromatic N) is 2. The minimum absolute atomic E-state index is 0.542. The zero-order valence-electron chi connectivity index (χ0n) is 12.1. The van der Waals surface area contributed by atoms with Gasteiger partial charge in [-0.3, -0.25) is 4.79 Å². The molecule has 104 valence electrons. The van der Waals surface area contributed by atoms with Crippen molar-refractivity contribution in [1.29, 1.82) is 0 Å². The Balaban J connectivity index is 2.39. The quantitative estimate of drug-likeness (QED) is 0.679. The lowest BCUT2D eigenvalue weighted by atomic mass is 9.63. The average Bonchev–Trinajstić information content (AvgIpc) is 2.35. The molecule has 0 aromatic carbocycles. The second-order valence-corrected chi connectivity index (χ2v) is 5.86. The van der Waals surface area contributed by atoms with Crippen LogP contribution in [-0.2, 0) is 4.79 Å². The summed E-state index contributed by atoms with van der Waals surface area (Å²) < 4.78 is 0. The summed E-state index contributed by atoms with van der Waals surface area (Å²) in [5, 5.41) is 8.86. The molecule has 1 saturated heterocycles. The molecule has 0 bridgehead atoms. The van der Waals surface area contributed by atoms with Gasteiger partial charge in [0.05, 0.1) is 0 Å². The van der Waals surface area contributed by atoms with Gasteiger partial charge in [-0.15, -0.1) is 0 Å². The van der Waals surface area contributed by atoms with E-state index in [0.717, 1.165) is 58.4 Å². The minimum Gasteiger partial charge on any atom is -0.481 e. The molecule has 5 heteroatoms. The van der Waals surface area contributed by atoms with E-state index in [2.05, 4.69) is 23.8 Å².